The number of hydrogen-bond acceptors (Lipinski definition) is 4. The number of fused-ring (bicyclic) bond motifs is 2. The minimum absolute atomic E-state index is 0.0454. The number of anilines is 1. The Morgan fingerprint density at radius 2 is 1.90 bits per heavy atom. The molecule has 1 aromatic carbocycles. The van der Waals surface area contributed by atoms with Gasteiger partial charge in [-0.15, -0.1) is 0 Å². The Labute approximate surface area is 116 Å². The first kappa shape index (κ1) is 12.8. The Bertz CT molecular complexity index is 658. The van der Waals surface area contributed by atoms with Gasteiger partial charge in [0, 0.05) is 18.3 Å². The van der Waals surface area contributed by atoms with Crippen LogP contribution in [0, 0.1) is 0 Å². The molecule has 2 aliphatic rings. The van der Waals surface area contributed by atoms with E-state index in [1.165, 1.54) is 14.0 Å². The van der Waals surface area contributed by atoms with E-state index in [0.29, 0.717) is 11.3 Å². The number of esters is 1. The number of ether oxygens (including phenoxy) is 1. The summed E-state index contributed by atoms with van der Waals surface area (Å²) in [5.41, 5.74) is 1.66. The molecule has 1 aliphatic carbocycles. The molecule has 104 valence electrons. The van der Waals surface area contributed by atoms with Gasteiger partial charge >= 0.3 is 5.97 Å². The van der Waals surface area contributed by atoms with Gasteiger partial charge in [-0.2, -0.15) is 0 Å². The molecule has 5 nitrogen and oxygen atoms in total. The molecule has 1 heterocycles. The van der Waals surface area contributed by atoms with Crippen molar-refractivity contribution < 1.29 is 19.1 Å². The van der Waals surface area contributed by atoms with E-state index >= 15 is 0 Å². The third-order valence-corrected chi connectivity index (χ3v) is 4.26. The molecule has 1 aliphatic heterocycles. The minimum Gasteiger partial charge on any atom is -0.465 e. The van der Waals surface area contributed by atoms with E-state index in [4.69, 9.17) is 4.74 Å². The van der Waals surface area contributed by atoms with Crippen LogP contribution >= 0.6 is 0 Å². The highest BCUT2D eigenvalue weighted by Gasteiger charge is 2.58. The minimum atomic E-state index is -0.560. The number of benzene rings is 1. The quantitative estimate of drug-likeness (QED) is 0.607. The molecule has 0 radical (unpaired) electrons. The first-order chi connectivity index (χ1) is 9.42. The maximum absolute atomic E-state index is 12.3. The number of methoxy groups -OCH3 is 1. The van der Waals surface area contributed by atoms with Crippen molar-refractivity contribution in [3.8, 4) is 0 Å². The fourth-order valence-corrected chi connectivity index (χ4v) is 2.97. The Balaban J connectivity index is 2.25. The van der Waals surface area contributed by atoms with Crippen molar-refractivity contribution in [1.82, 2.24) is 0 Å². The monoisotopic (exact) mass is 273 g/mol. The largest absolute Gasteiger partial charge is 0.465 e. The highest BCUT2D eigenvalue weighted by atomic mass is 16.5. The second kappa shape index (κ2) is 3.91. The van der Waals surface area contributed by atoms with E-state index in [-0.39, 0.29) is 17.3 Å². The number of Topliss-reactive ketones (excluding diaryl/α,β-unsaturated/α-hetero) is 1. The predicted molar refractivity (Wildman–Crippen MR) is 72.1 cm³/mol. The lowest BCUT2D eigenvalue weighted by molar-refractivity contribution is -0.119. The summed E-state index contributed by atoms with van der Waals surface area (Å²) in [4.78, 5) is 37.5. The van der Waals surface area contributed by atoms with Gasteiger partial charge in [-0.1, -0.05) is 0 Å². The van der Waals surface area contributed by atoms with Crippen LogP contribution in [0.1, 0.15) is 46.0 Å². The van der Waals surface area contributed by atoms with E-state index in [1.807, 2.05) is 0 Å². The maximum Gasteiger partial charge on any atom is 0.338 e. The molecule has 0 aromatic heterocycles. The Morgan fingerprint density at radius 1 is 1.25 bits per heavy atom. The second-order valence-electron chi connectivity index (χ2n) is 5.41. The lowest BCUT2D eigenvalue weighted by Gasteiger charge is -2.13. The average molecular weight is 273 g/mol. The van der Waals surface area contributed by atoms with E-state index < -0.39 is 11.4 Å². The lowest BCUT2D eigenvalue weighted by Crippen LogP contribution is -2.27. The molecule has 1 saturated carbocycles. The molecule has 0 atom stereocenters. The summed E-state index contributed by atoms with van der Waals surface area (Å²) >= 11 is 0. The van der Waals surface area contributed by atoms with Crippen molar-refractivity contribution >= 4 is 23.3 Å². The molecule has 3 rings (SSSR count). The summed E-state index contributed by atoms with van der Waals surface area (Å²) in [6, 6.07) is 3.29. The highest BCUT2D eigenvalue weighted by Crippen LogP contribution is 2.57. The van der Waals surface area contributed by atoms with E-state index in [1.54, 1.807) is 24.1 Å². The van der Waals surface area contributed by atoms with Gasteiger partial charge in [0.2, 0.25) is 5.91 Å². The molecule has 5 heteroatoms. The second-order valence-corrected chi connectivity index (χ2v) is 5.41. The number of hydrogen-bond donors (Lipinski definition) is 0. The number of amides is 1. The van der Waals surface area contributed by atoms with Crippen LogP contribution in [0.25, 0.3) is 0 Å². The summed E-state index contributed by atoms with van der Waals surface area (Å²) in [6.07, 6.45) is 1.61. The van der Waals surface area contributed by atoms with Crippen LogP contribution in [0.15, 0.2) is 12.1 Å². The van der Waals surface area contributed by atoms with Gasteiger partial charge < -0.3 is 9.64 Å². The molecule has 0 N–H and O–H groups in total. The lowest BCUT2D eigenvalue weighted by atomic mass is 9.92. The Morgan fingerprint density at radius 3 is 2.40 bits per heavy atom. The number of ketones is 1. The summed E-state index contributed by atoms with van der Waals surface area (Å²) in [6.45, 7) is 1.41. The van der Waals surface area contributed by atoms with Crippen LogP contribution in [-0.2, 0) is 14.9 Å². The number of carbonyl (C=O) groups excluding carboxylic acids is 3. The third-order valence-electron chi connectivity index (χ3n) is 4.26. The van der Waals surface area contributed by atoms with Crippen molar-refractivity contribution in [2.24, 2.45) is 0 Å². The summed E-state index contributed by atoms with van der Waals surface area (Å²) < 4.78 is 4.72. The van der Waals surface area contributed by atoms with Gasteiger partial charge in [0.15, 0.2) is 5.78 Å². The van der Waals surface area contributed by atoms with Gasteiger partial charge in [-0.3, -0.25) is 9.59 Å². The van der Waals surface area contributed by atoms with E-state index in [0.717, 1.165) is 18.4 Å². The van der Waals surface area contributed by atoms with Crippen LogP contribution in [0.3, 0.4) is 0 Å². The van der Waals surface area contributed by atoms with Crippen molar-refractivity contribution in [2.45, 2.75) is 25.2 Å². The van der Waals surface area contributed by atoms with Crippen molar-refractivity contribution in [2.75, 3.05) is 19.1 Å². The highest BCUT2D eigenvalue weighted by molar-refractivity contribution is 6.13. The van der Waals surface area contributed by atoms with Crippen LogP contribution in [-0.4, -0.2) is 31.8 Å². The molecular formula is C15H15NO4. The Kier molecular flexibility index (Phi) is 2.51. The van der Waals surface area contributed by atoms with Crippen LogP contribution in [0.2, 0.25) is 0 Å². The first-order valence-corrected chi connectivity index (χ1v) is 6.48. The molecule has 1 aromatic rings. The predicted octanol–water partition coefficient (Wildman–Crippen LogP) is 1.68. The fraction of sp³-hybridized carbons (Fsp3) is 0.400. The van der Waals surface area contributed by atoms with Gasteiger partial charge in [-0.05, 0) is 37.5 Å². The molecule has 0 saturated heterocycles. The normalized spacial score (nSPS) is 18.1. The molecular weight excluding hydrogens is 258 g/mol. The molecule has 1 spiro atoms. The maximum atomic E-state index is 12.3. The number of carbonyl (C=O) groups is 3. The number of nitrogens with zero attached hydrogens (tertiary/aromatic N) is 1. The standard InChI is InChI=1S/C15H15NO4/c1-8(17)9-6-11-12(7-10(9)13(18)20-3)16(2)14(19)15(11)4-5-15/h6-7H,4-5H2,1-3H3. The molecule has 20 heavy (non-hydrogen) atoms. The van der Waals surface area contributed by atoms with Crippen LogP contribution in [0.5, 0.6) is 0 Å². The van der Waals surface area contributed by atoms with Crippen LogP contribution < -0.4 is 4.90 Å². The summed E-state index contributed by atoms with van der Waals surface area (Å²) in [7, 11) is 2.97. The average Bonchev–Trinajstić information content (AvgIpc) is 3.21. The molecule has 0 bridgehead atoms. The molecule has 0 unspecified atom stereocenters. The fourth-order valence-electron chi connectivity index (χ4n) is 2.97. The first-order valence-electron chi connectivity index (χ1n) is 6.48. The van der Waals surface area contributed by atoms with E-state index in [2.05, 4.69) is 0 Å². The zero-order valence-corrected chi connectivity index (χ0v) is 11.6. The van der Waals surface area contributed by atoms with Crippen molar-refractivity contribution in [3.63, 3.8) is 0 Å². The molecule has 1 fully saturated rings. The van der Waals surface area contributed by atoms with Gasteiger partial charge in [0.05, 0.1) is 18.1 Å². The zero-order chi connectivity index (χ0) is 14.7. The van der Waals surface area contributed by atoms with Gasteiger partial charge in [0.25, 0.3) is 0 Å². The number of rotatable bonds is 2. The van der Waals surface area contributed by atoms with Crippen LogP contribution in [0.4, 0.5) is 5.69 Å². The Hall–Kier alpha value is -2.17. The van der Waals surface area contributed by atoms with Crippen molar-refractivity contribution in [3.05, 3.63) is 28.8 Å². The summed E-state index contributed by atoms with van der Waals surface area (Å²) in [5, 5.41) is 0. The van der Waals surface area contributed by atoms with Crippen molar-refractivity contribution in [1.29, 1.82) is 0 Å². The zero-order valence-electron chi connectivity index (χ0n) is 11.6. The van der Waals surface area contributed by atoms with Gasteiger partial charge in [-0.25, -0.2) is 4.79 Å². The number of likely N-dealkylation sites (N-methyl/N-ethyl adjacent to an activating group) is 1. The third kappa shape index (κ3) is 1.46. The molecule has 1 amide bonds. The topological polar surface area (TPSA) is 63.7 Å². The smallest absolute Gasteiger partial charge is 0.338 e. The SMILES string of the molecule is COC(=O)c1cc2c(cc1C(C)=O)C1(CC1)C(=O)N2C. The van der Waals surface area contributed by atoms with E-state index in [9.17, 15) is 14.4 Å². The summed E-state index contributed by atoms with van der Waals surface area (Å²) in [5.74, 6) is -0.717. The van der Waals surface area contributed by atoms with Gasteiger partial charge in [0.1, 0.15) is 0 Å².